The molecule has 2 aliphatic rings. The highest BCUT2D eigenvalue weighted by molar-refractivity contribution is 6.04. The summed E-state index contributed by atoms with van der Waals surface area (Å²) in [6.07, 6.45) is 3.67. The summed E-state index contributed by atoms with van der Waals surface area (Å²) >= 11 is 0. The van der Waals surface area contributed by atoms with Crippen LogP contribution in [-0.2, 0) is 11.0 Å². The summed E-state index contributed by atoms with van der Waals surface area (Å²) in [5.74, 6) is 0.150. The van der Waals surface area contributed by atoms with Gasteiger partial charge in [0.15, 0.2) is 0 Å². The Morgan fingerprint density at radius 3 is 2.58 bits per heavy atom. The molecule has 1 saturated carbocycles. The molecule has 1 aliphatic heterocycles. The predicted molar refractivity (Wildman–Crippen MR) is 132 cm³/mol. The Kier molecular flexibility index (Phi) is 5.37. The molecule has 1 atom stereocenters. The maximum absolute atomic E-state index is 13.0. The van der Waals surface area contributed by atoms with Crippen molar-refractivity contribution >= 4 is 29.5 Å². The number of pyridine rings is 1. The van der Waals surface area contributed by atoms with E-state index in [0.717, 1.165) is 44.0 Å². The number of rotatable bonds is 5. The molecule has 9 nitrogen and oxygen atoms in total. The highest BCUT2D eigenvalue weighted by Gasteiger charge is 2.53. The minimum atomic E-state index is -4.55. The second kappa shape index (κ2) is 8.54. The molecule has 2 fully saturated rings. The van der Waals surface area contributed by atoms with Crippen LogP contribution in [0, 0.1) is 5.41 Å². The number of carbonyl (C=O) groups excluding carboxylic acids is 2. The van der Waals surface area contributed by atoms with Crippen LogP contribution in [0.1, 0.15) is 47.1 Å². The van der Waals surface area contributed by atoms with Crippen LogP contribution in [0.5, 0.6) is 0 Å². The number of hydrogen-bond acceptors (Lipinski definition) is 6. The topological polar surface area (TPSA) is 119 Å². The molecule has 12 heteroatoms. The van der Waals surface area contributed by atoms with Gasteiger partial charge < -0.3 is 16.0 Å². The van der Waals surface area contributed by atoms with Gasteiger partial charge in [0, 0.05) is 36.3 Å². The van der Waals surface area contributed by atoms with E-state index in [9.17, 15) is 22.8 Å². The fourth-order valence-corrected chi connectivity index (χ4v) is 5.15. The van der Waals surface area contributed by atoms with Gasteiger partial charge in [-0.2, -0.15) is 13.2 Å². The average Bonchev–Trinajstić information content (AvgIpc) is 3.38. The van der Waals surface area contributed by atoms with Gasteiger partial charge in [-0.05, 0) is 48.9 Å². The summed E-state index contributed by atoms with van der Waals surface area (Å²) in [6, 6.07) is 7.87. The minimum Gasteiger partial charge on any atom is -0.382 e. The van der Waals surface area contributed by atoms with Gasteiger partial charge in [0.2, 0.25) is 6.41 Å². The summed E-state index contributed by atoms with van der Waals surface area (Å²) in [6.45, 7) is 0.705. The lowest BCUT2D eigenvalue weighted by atomic mass is 10.0. The number of fused-ring (bicyclic) bond motifs is 1. The van der Waals surface area contributed by atoms with Gasteiger partial charge in [-0.15, -0.1) is 0 Å². The largest absolute Gasteiger partial charge is 0.416 e. The van der Waals surface area contributed by atoms with E-state index in [1.807, 2.05) is 4.40 Å². The van der Waals surface area contributed by atoms with E-state index in [1.54, 1.807) is 41.6 Å². The Morgan fingerprint density at radius 2 is 1.89 bits per heavy atom. The average molecular weight is 522 g/mol. The highest BCUT2D eigenvalue weighted by Crippen LogP contribution is 2.58. The van der Waals surface area contributed by atoms with Crippen LogP contribution in [0.25, 0.3) is 16.8 Å². The molecule has 2 amide bonds. The second-order valence-corrected chi connectivity index (χ2v) is 9.81. The molecule has 1 aromatic carbocycles. The molecular formula is C26H22F3N7O2. The summed E-state index contributed by atoms with van der Waals surface area (Å²) in [7, 11) is 0. The maximum atomic E-state index is 13.0. The first kappa shape index (κ1) is 23.9. The standard InChI is InChI=1S/C26H22F3N7O2/c27-26(28,29)17-5-8-31-19(11-17)33-24(38)16-3-1-15(2-4-16)20-21-22(30)32-9-10-36(21)23(34-20)18-12-25(6-7-25)13-35(18)14-37/h1-5,8-11,14,18H,6-7,12-13H2,(H2,30,32)(H,31,33,38)/t18-/m0/s1. The van der Waals surface area contributed by atoms with Crippen molar-refractivity contribution in [1.29, 1.82) is 0 Å². The number of hydrogen-bond donors (Lipinski definition) is 2. The number of likely N-dealkylation sites (tertiary alicyclic amines) is 1. The molecule has 0 bridgehead atoms. The monoisotopic (exact) mass is 521 g/mol. The Hall–Kier alpha value is -4.48. The number of benzene rings is 1. The Morgan fingerprint density at radius 1 is 1.13 bits per heavy atom. The zero-order valence-corrected chi connectivity index (χ0v) is 19.9. The molecule has 3 N–H and O–H groups in total. The predicted octanol–water partition coefficient (Wildman–Crippen LogP) is 4.33. The van der Waals surface area contributed by atoms with E-state index in [0.29, 0.717) is 29.1 Å². The number of nitrogens with two attached hydrogens (primary N) is 1. The van der Waals surface area contributed by atoms with E-state index in [-0.39, 0.29) is 28.7 Å². The van der Waals surface area contributed by atoms with Crippen molar-refractivity contribution < 1.29 is 22.8 Å². The lowest BCUT2D eigenvalue weighted by molar-refractivity contribution is -0.137. The quantitative estimate of drug-likeness (QED) is 0.378. The van der Waals surface area contributed by atoms with Crippen molar-refractivity contribution in [2.75, 3.05) is 17.6 Å². The third kappa shape index (κ3) is 4.11. The first-order valence-corrected chi connectivity index (χ1v) is 12.0. The van der Waals surface area contributed by atoms with Crippen LogP contribution in [0.3, 0.4) is 0 Å². The van der Waals surface area contributed by atoms with E-state index >= 15 is 0 Å². The SMILES string of the molecule is Nc1nccn2c([C@@H]3CC4(CC4)CN3C=O)nc(-c3ccc(C(=O)Nc4cc(C(F)(F)F)ccn4)cc3)c12. The number of aromatic nitrogens is 4. The number of imidazole rings is 1. The number of nitrogens with zero attached hydrogens (tertiary/aromatic N) is 5. The van der Waals surface area contributed by atoms with Crippen molar-refractivity contribution in [3.8, 4) is 11.3 Å². The molecular weight excluding hydrogens is 499 g/mol. The molecule has 194 valence electrons. The van der Waals surface area contributed by atoms with Gasteiger partial charge in [0.05, 0.1) is 11.6 Å². The van der Waals surface area contributed by atoms with Gasteiger partial charge in [0.1, 0.15) is 28.7 Å². The molecule has 4 heterocycles. The van der Waals surface area contributed by atoms with E-state index in [2.05, 4.69) is 15.3 Å². The van der Waals surface area contributed by atoms with Gasteiger partial charge in [0.25, 0.3) is 5.91 Å². The lowest BCUT2D eigenvalue weighted by Crippen LogP contribution is -2.23. The number of amides is 2. The summed E-state index contributed by atoms with van der Waals surface area (Å²) in [5.41, 5.74) is 7.54. The lowest BCUT2D eigenvalue weighted by Gasteiger charge is -2.18. The third-order valence-electron chi connectivity index (χ3n) is 7.29. The van der Waals surface area contributed by atoms with Gasteiger partial charge in [-0.25, -0.2) is 15.0 Å². The summed E-state index contributed by atoms with van der Waals surface area (Å²) in [5, 5.41) is 2.40. The first-order chi connectivity index (χ1) is 18.2. The Bertz CT molecular complexity index is 1560. The van der Waals surface area contributed by atoms with Crippen molar-refractivity contribution in [1.82, 2.24) is 24.3 Å². The number of nitrogens with one attached hydrogen (secondary N) is 1. The van der Waals surface area contributed by atoms with Gasteiger partial charge in [-0.3, -0.25) is 14.0 Å². The Labute approximate surface area is 214 Å². The van der Waals surface area contributed by atoms with Crippen LogP contribution in [0.2, 0.25) is 0 Å². The van der Waals surface area contributed by atoms with Crippen LogP contribution in [-0.4, -0.2) is 43.1 Å². The van der Waals surface area contributed by atoms with Gasteiger partial charge in [-0.1, -0.05) is 12.1 Å². The molecule has 3 aromatic heterocycles. The highest BCUT2D eigenvalue weighted by atomic mass is 19.4. The number of alkyl halides is 3. The number of anilines is 2. The summed E-state index contributed by atoms with van der Waals surface area (Å²) in [4.78, 5) is 39.2. The normalized spacial score (nSPS) is 18.2. The molecule has 1 aliphatic carbocycles. The smallest absolute Gasteiger partial charge is 0.382 e. The Balaban J connectivity index is 1.31. The fourth-order valence-electron chi connectivity index (χ4n) is 5.15. The van der Waals surface area contributed by atoms with E-state index in [1.165, 1.54) is 0 Å². The first-order valence-electron chi connectivity index (χ1n) is 12.0. The number of nitrogen functional groups attached to an aromatic ring is 1. The van der Waals surface area contributed by atoms with Crippen molar-refractivity contribution in [2.24, 2.45) is 5.41 Å². The molecule has 0 radical (unpaired) electrons. The van der Waals surface area contributed by atoms with Crippen LogP contribution >= 0.6 is 0 Å². The van der Waals surface area contributed by atoms with Crippen LogP contribution in [0.15, 0.2) is 55.0 Å². The van der Waals surface area contributed by atoms with Gasteiger partial charge >= 0.3 is 6.18 Å². The zero-order valence-electron chi connectivity index (χ0n) is 19.9. The minimum absolute atomic E-state index is 0.166. The second-order valence-electron chi connectivity index (χ2n) is 9.81. The molecule has 4 aromatic rings. The van der Waals surface area contributed by atoms with Crippen LogP contribution in [0.4, 0.5) is 24.8 Å². The van der Waals surface area contributed by atoms with Crippen LogP contribution < -0.4 is 11.1 Å². The fraction of sp³-hybridized carbons (Fsp3) is 0.269. The molecule has 38 heavy (non-hydrogen) atoms. The zero-order chi connectivity index (χ0) is 26.7. The third-order valence-corrected chi connectivity index (χ3v) is 7.29. The number of halogens is 3. The number of carbonyl (C=O) groups is 2. The van der Waals surface area contributed by atoms with Crippen molar-refractivity contribution in [3.63, 3.8) is 0 Å². The van der Waals surface area contributed by atoms with Crippen molar-refractivity contribution in [3.05, 3.63) is 71.9 Å². The van der Waals surface area contributed by atoms with Crippen molar-refractivity contribution in [2.45, 2.75) is 31.5 Å². The maximum Gasteiger partial charge on any atom is 0.416 e. The molecule has 1 saturated heterocycles. The molecule has 1 spiro atoms. The van der Waals surface area contributed by atoms with E-state index in [4.69, 9.17) is 10.7 Å². The molecule has 0 unspecified atom stereocenters. The molecule has 6 rings (SSSR count). The van der Waals surface area contributed by atoms with E-state index < -0.39 is 17.6 Å². The summed E-state index contributed by atoms with van der Waals surface area (Å²) < 4.78 is 40.8.